The number of aryl methyl sites for hydroxylation is 1. The van der Waals surface area contributed by atoms with Crippen molar-refractivity contribution in [2.75, 3.05) is 0 Å². The van der Waals surface area contributed by atoms with Crippen molar-refractivity contribution in [3.63, 3.8) is 0 Å². The first-order chi connectivity index (χ1) is 19.3. The number of hydrogen-bond donors (Lipinski definition) is 0. The molecular weight excluding hydrogens is 525 g/mol. The second-order valence-corrected chi connectivity index (χ2v) is 11.0. The lowest BCUT2D eigenvalue weighted by Gasteiger charge is -2.07. The first-order valence-electron chi connectivity index (χ1n) is 12.4. The van der Waals surface area contributed by atoms with E-state index in [0.29, 0.717) is 22.6 Å². The third-order valence-electron chi connectivity index (χ3n) is 6.23. The van der Waals surface area contributed by atoms with E-state index in [1.807, 2.05) is 55.5 Å². The van der Waals surface area contributed by atoms with Gasteiger partial charge in [0.05, 0.1) is 10.6 Å². The van der Waals surface area contributed by atoms with Gasteiger partial charge >= 0.3 is 0 Å². The number of rotatable bonds is 8. The molecule has 40 heavy (non-hydrogen) atoms. The maximum Gasteiger partial charge on any atom is 0.216 e. The molecule has 0 fully saturated rings. The Kier molecular flexibility index (Phi) is 7.58. The molecule has 0 aliphatic rings. The Balaban J connectivity index is 1.50. The van der Waals surface area contributed by atoms with Crippen molar-refractivity contribution in [1.82, 2.24) is 9.78 Å². The lowest BCUT2D eigenvalue weighted by Crippen LogP contribution is -2.03. The van der Waals surface area contributed by atoms with Crippen LogP contribution in [0.3, 0.4) is 0 Å². The van der Waals surface area contributed by atoms with Gasteiger partial charge in [0.2, 0.25) is 9.84 Å². The highest BCUT2D eigenvalue weighted by atomic mass is 32.2. The second-order valence-electron chi connectivity index (χ2n) is 9.09. The molecule has 0 bridgehead atoms. The van der Waals surface area contributed by atoms with E-state index in [1.54, 1.807) is 47.3 Å². The Morgan fingerprint density at radius 1 is 0.950 bits per heavy atom. The number of ether oxygens (including phenoxy) is 1. The molecule has 0 unspecified atom stereocenters. The minimum absolute atomic E-state index is 0.0468. The van der Waals surface area contributed by atoms with Crippen molar-refractivity contribution in [2.45, 2.75) is 18.4 Å². The van der Waals surface area contributed by atoms with E-state index in [-0.39, 0.29) is 22.2 Å². The topological polar surface area (TPSA) is 85.0 Å². The minimum atomic E-state index is -4.04. The number of benzene rings is 4. The lowest BCUT2D eigenvalue weighted by atomic mass is 10.1. The number of allylic oxidation sites excluding steroid dienone is 1. The number of para-hydroxylation sites is 1. The van der Waals surface area contributed by atoms with E-state index in [1.165, 1.54) is 30.3 Å². The molecule has 1 aromatic heterocycles. The molecule has 0 aliphatic heterocycles. The highest BCUT2D eigenvalue weighted by molar-refractivity contribution is 7.95. The van der Waals surface area contributed by atoms with Gasteiger partial charge in [-0.05, 0) is 79.2 Å². The molecule has 0 saturated carbocycles. The van der Waals surface area contributed by atoms with Gasteiger partial charge in [0.1, 0.15) is 34.8 Å². The zero-order valence-corrected chi connectivity index (χ0v) is 22.3. The zero-order valence-electron chi connectivity index (χ0n) is 21.5. The summed E-state index contributed by atoms with van der Waals surface area (Å²) in [6.07, 6.45) is 3.06. The van der Waals surface area contributed by atoms with Crippen LogP contribution in [-0.2, 0) is 16.4 Å². The van der Waals surface area contributed by atoms with Crippen LogP contribution in [0.15, 0.2) is 119 Å². The van der Waals surface area contributed by atoms with Crippen LogP contribution in [0, 0.1) is 24.1 Å². The van der Waals surface area contributed by atoms with Crippen molar-refractivity contribution in [3.8, 4) is 28.8 Å². The first kappa shape index (κ1) is 26.6. The van der Waals surface area contributed by atoms with Crippen molar-refractivity contribution < 1.29 is 17.5 Å². The van der Waals surface area contributed by atoms with Gasteiger partial charge in [0.25, 0.3) is 0 Å². The molecule has 0 N–H and O–H groups in total. The summed E-state index contributed by atoms with van der Waals surface area (Å²) < 4.78 is 47.2. The van der Waals surface area contributed by atoms with E-state index >= 15 is 0 Å². The van der Waals surface area contributed by atoms with Crippen molar-refractivity contribution in [3.05, 3.63) is 137 Å². The Bertz CT molecular complexity index is 1800. The Labute approximate surface area is 232 Å². The number of aromatic nitrogens is 2. The second kappa shape index (κ2) is 11.4. The van der Waals surface area contributed by atoms with Crippen LogP contribution >= 0.6 is 0 Å². The van der Waals surface area contributed by atoms with Crippen molar-refractivity contribution >= 4 is 15.9 Å². The van der Waals surface area contributed by atoms with Crippen LogP contribution in [0.2, 0.25) is 0 Å². The number of halogens is 1. The molecule has 5 rings (SSSR count). The quantitative estimate of drug-likeness (QED) is 0.197. The number of hydrogen-bond acceptors (Lipinski definition) is 5. The lowest BCUT2D eigenvalue weighted by molar-refractivity contribution is 0.306. The molecule has 0 saturated heterocycles. The van der Waals surface area contributed by atoms with Gasteiger partial charge < -0.3 is 4.74 Å². The summed E-state index contributed by atoms with van der Waals surface area (Å²) in [7, 11) is -4.04. The maximum atomic E-state index is 13.3. The normalized spacial score (nSPS) is 11.7. The summed E-state index contributed by atoms with van der Waals surface area (Å²) in [6, 6.07) is 30.9. The fourth-order valence-corrected chi connectivity index (χ4v) is 5.19. The third kappa shape index (κ3) is 5.85. The van der Waals surface area contributed by atoms with Crippen molar-refractivity contribution in [2.24, 2.45) is 0 Å². The average molecular weight is 550 g/mol. The van der Waals surface area contributed by atoms with Crippen LogP contribution < -0.4 is 4.74 Å². The fourth-order valence-electron chi connectivity index (χ4n) is 4.04. The van der Waals surface area contributed by atoms with E-state index in [2.05, 4.69) is 0 Å². The fraction of sp³-hybridized carbons (Fsp3) is 0.0625. The summed E-state index contributed by atoms with van der Waals surface area (Å²) in [5.41, 5.74) is 4.20. The summed E-state index contributed by atoms with van der Waals surface area (Å²) in [6.45, 7) is 2.14. The van der Waals surface area contributed by atoms with E-state index in [4.69, 9.17) is 9.84 Å². The summed E-state index contributed by atoms with van der Waals surface area (Å²) in [5.74, 6) is 0.298. The van der Waals surface area contributed by atoms with Gasteiger partial charge in [-0.15, -0.1) is 0 Å². The molecule has 8 heteroatoms. The number of nitriles is 1. The highest BCUT2D eigenvalue weighted by Crippen LogP contribution is 2.30. The van der Waals surface area contributed by atoms with E-state index in [0.717, 1.165) is 16.8 Å². The standard InChI is InChI=1S/C32H24FN3O3S/c1-23-7-17-30(18-8-23)40(37,38)31(20-34)19-26-21-36(28-5-3-2-4-6-28)35-32(26)25-11-15-29(16-12-25)39-22-24-9-13-27(33)14-10-24/h2-19,21H,22H2,1H3. The van der Waals surface area contributed by atoms with Crippen LogP contribution in [0.5, 0.6) is 5.75 Å². The molecule has 4 aromatic carbocycles. The largest absolute Gasteiger partial charge is 0.489 e. The summed E-state index contributed by atoms with van der Waals surface area (Å²) in [4.78, 5) is -0.338. The molecule has 6 nitrogen and oxygen atoms in total. The number of nitrogens with zero attached hydrogens (tertiary/aromatic N) is 3. The Morgan fingerprint density at radius 2 is 1.62 bits per heavy atom. The minimum Gasteiger partial charge on any atom is -0.489 e. The third-order valence-corrected chi connectivity index (χ3v) is 7.91. The molecule has 0 radical (unpaired) electrons. The zero-order chi connectivity index (χ0) is 28.1. The Hall–Kier alpha value is -5.00. The van der Waals surface area contributed by atoms with E-state index in [9.17, 15) is 18.1 Å². The molecule has 5 aromatic rings. The van der Waals surface area contributed by atoms with Gasteiger partial charge in [-0.1, -0.05) is 48.0 Å². The molecule has 0 aliphatic carbocycles. The van der Waals surface area contributed by atoms with Crippen molar-refractivity contribution in [1.29, 1.82) is 5.26 Å². The molecular formula is C32H24FN3O3S. The predicted molar refractivity (Wildman–Crippen MR) is 152 cm³/mol. The van der Waals surface area contributed by atoms with Gasteiger partial charge in [-0.2, -0.15) is 10.4 Å². The Morgan fingerprint density at radius 3 is 2.27 bits per heavy atom. The molecule has 198 valence electrons. The molecule has 0 spiro atoms. The first-order valence-corrected chi connectivity index (χ1v) is 13.9. The average Bonchev–Trinajstić information content (AvgIpc) is 3.40. The van der Waals surface area contributed by atoms with Gasteiger partial charge in [-0.25, -0.2) is 17.5 Å². The van der Waals surface area contributed by atoms with Crippen LogP contribution in [0.4, 0.5) is 4.39 Å². The molecule has 1 heterocycles. The van der Waals surface area contributed by atoms with Crippen LogP contribution in [0.25, 0.3) is 23.0 Å². The van der Waals surface area contributed by atoms with Gasteiger partial charge in [0, 0.05) is 17.3 Å². The van der Waals surface area contributed by atoms with Gasteiger partial charge in [-0.3, -0.25) is 0 Å². The monoisotopic (exact) mass is 549 g/mol. The van der Waals surface area contributed by atoms with Crippen LogP contribution in [-0.4, -0.2) is 18.2 Å². The molecule has 0 amide bonds. The van der Waals surface area contributed by atoms with Crippen LogP contribution in [0.1, 0.15) is 16.7 Å². The summed E-state index contributed by atoms with van der Waals surface area (Å²) in [5, 5.41) is 14.6. The van der Waals surface area contributed by atoms with Gasteiger partial charge in [0.15, 0.2) is 0 Å². The SMILES string of the molecule is Cc1ccc(S(=O)(=O)C(C#N)=Cc2cn(-c3ccccc3)nc2-c2ccc(OCc3ccc(F)cc3)cc2)cc1. The maximum absolute atomic E-state index is 13.3. The number of sulfone groups is 1. The molecule has 0 atom stereocenters. The summed E-state index contributed by atoms with van der Waals surface area (Å²) >= 11 is 0. The highest BCUT2D eigenvalue weighted by Gasteiger charge is 2.22. The van der Waals surface area contributed by atoms with E-state index < -0.39 is 9.84 Å². The predicted octanol–water partition coefficient (Wildman–Crippen LogP) is 6.90. The smallest absolute Gasteiger partial charge is 0.216 e.